The fourth-order valence-corrected chi connectivity index (χ4v) is 2.58. The third-order valence-electron chi connectivity index (χ3n) is 1.96. The van der Waals surface area contributed by atoms with Gasteiger partial charge in [-0.05, 0) is 47.2 Å². The highest BCUT2D eigenvalue weighted by Gasteiger charge is 2.04. The van der Waals surface area contributed by atoms with Gasteiger partial charge in [-0.25, -0.2) is 0 Å². The molecule has 0 radical (unpaired) electrons. The molecule has 1 rings (SSSR count). The standard InChI is InChI=1S/C11H13BrINO/c1-2-3-4-11(15)14-10-6-5-8(12)7-9(10)13/h5-7H,2-4H2,1H3,(H,14,15). The lowest BCUT2D eigenvalue weighted by Gasteiger charge is -2.07. The highest BCUT2D eigenvalue weighted by Crippen LogP contribution is 2.22. The Hall–Kier alpha value is -0.100. The van der Waals surface area contributed by atoms with E-state index in [0.717, 1.165) is 26.6 Å². The van der Waals surface area contributed by atoms with Gasteiger partial charge in [0.05, 0.1) is 5.69 Å². The summed E-state index contributed by atoms with van der Waals surface area (Å²) in [5.41, 5.74) is 0.889. The molecule has 0 aliphatic carbocycles. The van der Waals surface area contributed by atoms with Crippen molar-refractivity contribution in [2.75, 3.05) is 5.32 Å². The maximum Gasteiger partial charge on any atom is 0.224 e. The zero-order chi connectivity index (χ0) is 11.3. The molecule has 0 unspecified atom stereocenters. The van der Waals surface area contributed by atoms with Crippen LogP contribution in [0.25, 0.3) is 0 Å². The first-order valence-corrected chi connectivity index (χ1v) is 6.75. The van der Waals surface area contributed by atoms with E-state index < -0.39 is 0 Å². The molecule has 0 aromatic heterocycles. The molecule has 1 aromatic carbocycles. The first-order chi connectivity index (χ1) is 7.13. The maximum absolute atomic E-state index is 11.5. The number of halogens is 2. The Morgan fingerprint density at radius 3 is 2.87 bits per heavy atom. The van der Waals surface area contributed by atoms with Crippen molar-refractivity contribution in [2.45, 2.75) is 26.2 Å². The van der Waals surface area contributed by atoms with E-state index >= 15 is 0 Å². The van der Waals surface area contributed by atoms with Crippen LogP contribution >= 0.6 is 38.5 Å². The molecule has 0 heterocycles. The molecule has 4 heteroatoms. The Morgan fingerprint density at radius 2 is 2.27 bits per heavy atom. The second-order valence-corrected chi connectivity index (χ2v) is 5.35. The first-order valence-electron chi connectivity index (χ1n) is 4.88. The van der Waals surface area contributed by atoms with Crippen molar-refractivity contribution in [3.8, 4) is 0 Å². The molecule has 0 saturated heterocycles. The summed E-state index contributed by atoms with van der Waals surface area (Å²) in [6.07, 6.45) is 2.59. The van der Waals surface area contributed by atoms with E-state index in [1.807, 2.05) is 18.2 Å². The van der Waals surface area contributed by atoms with Crippen LogP contribution in [0.2, 0.25) is 0 Å². The van der Waals surface area contributed by atoms with Crippen LogP contribution in [0.3, 0.4) is 0 Å². The number of unbranched alkanes of at least 4 members (excludes halogenated alkanes) is 1. The minimum Gasteiger partial charge on any atom is -0.325 e. The predicted octanol–water partition coefficient (Wildman–Crippen LogP) is 4.18. The summed E-state index contributed by atoms with van der Waals surface area (Å²) in [5.74, 6) is 0.0945. The Labute approximate surface area is 112 Å². The Balaban J connectivity index is 2.60. The van der Waals surface area contributed by atoms with Gasteiger partial charge < -0.3 is 5.32 Å². The van der Waals surface area contributed by atoms with Gasteiger partial charge in [0.15, 0.2) is 0 Å². The van der Waals surface area contributed by atoms with Crippen molar-refractivity contribution < 1.29 is 4.79 Å². The van der Waals surface area contributed by atoms with Crippen molar-refractivity contribution in [3.05, 3.63) is 26.2 Å². The minimum atomic E-state index is 0.0945. The molecule has 82 valence electrons. The van der Waals surface area contributed by atoms with E-state index in [4.69, 9.17) is 0 Å². The van der Waals surface area contributed by atoms with E-state index in [-0.39, 0.29) is 5.91 Å². The Kier molecular flexibility index (Phi) is 5.60. The van der Waals surface area contributed by atoms with Crippen LogP contribution < -0.4 is 5.32 Å². The van der Waals surface area contributed by atoms with Gasteiger partial charge in [0.2, 0.25) is 5.91 Å². The Bertz CT molecular complexity index is 354. The lowest BCUT2D eigenvalue weighted by atomic mass is 10.2. The SMILES string of the molecule is CCCCC(=O)Nc1ccc(Br)cc1I. The fraction of sp³-hybridized carbons (Fsp3) is 0.364. The minimum absolute atomic E-state index is 0.0945. The van der Waals surface area contributed by atoms with Crippen LogP contribution in [-0.2, 0) is 4.79 Å². The van der Waals surface area contributed by atoms with Gasteiger partial charge in [-0.1, -0.05) is 29.3 Å². The molecule has 0 atom stereocenters. The smallest absolute Gasteiger partial charge is 0.224 e. The summed E-state index contributed by atoms with van der Waals surface area (Å²) in [7, 11) is 0. The lowest BCUT2D eigenvalue weighted by molar-refractivity contribution is -0.116. The van der Waals surface area contributed by atoms with Gasteiger partial charge in [-0.3, -0.25) is 4.79 Å². The third kappa shape index (κ3) is 4.51. The zero-order valence-corrected chi connectivity index (χ0v) is 12.3. The summed E-state index contributed by atoms with van der Waals surface area (Å²) >= 11 is 5.60. The summed E-state index contributed by atoms with van der Waals surface area (Å²) < 4.78 is 2.07. The largest absolute Gasteiger partial charge is 0.325 e. The normalized spacial score (nSPS) is 10.1. The van der Waals surface area contributed by atoms with Crippen molar-refractivity contribution in [3.63, 3.8) is 0 Å². The number of benzene rings is 1. The number of carbonyl (C=O) groups excluding carboxylic acids is 1. The molecule has 0 fully saturated rings. The fourth-order valence-electron chi connectivity index (χ4n) is 1.14. The van der Waals surface area contributed by atoms with Gasteiger partial charge in [-0.15, -0.1) is 0 Å². The van der Waals surface area contributed by atoms with Gasteiger partial charge in [0.1, 0.15) is 0 Å². The Morgan fingerprint density at radius 1 is 1.53 bits per heavy atom. The summed E-state index contributed by atoms with van der Waals surface area (Å²) in [4.78, 5) is 11.5. The van der Waals surface area contributed by atoms with Gasteiger partial charge in [-0.2, -0.15) is 0 Å². The van der Waals surface area contributed by atoms with Crippen LogP contribution in [0.5, 0.6) is 0 Å². The van der Waals surface area contributed by atoms with Crippen LogP contribution in [0.1, 0.15) is 26.2 Å². The summed E-state index contributed by atoms with van der Waals surface area (Å²) in [6.45, 7) is 2.08. The third-order valence-corrected chi connectivity index (χ3v) is 3.35. The molecule has 0 bridgehead atoms. The predicted molar refractivity (Wildman–Crippen MR) is 75.0 cm³/mol. The molecule has 1 amide bonds. The molecule has 0 saturated carbocycles. The van der Waals surface area contributed by atoms with Crippen LogP contribution in [0.15, 0.2) is 22.7 Å². The van der Waals surface area contributed by atoms with Crippen molar-refractivity contribution in [1.82, 2.24) is 0 Å². The number of nitrogens with one attached hydrogen (secondary N) is 1. The molecule has 0 aliphatic rings. The molecule has 15 heavy (non-hydrogen) atoms. The van der Waals surface area contributed by atoms with Crippen molar-refractivity contribution >= 4 is 50.1 Å². The number of anilines is 1. The van der Waals surface area contributed by atoms with Crippen LogP contribution in [-0.4, -0.2) is 5.91 Å². The van der Waals surface area contributed by atoms with Crippen molar-refractivity contribution in [2.24, 2.45) is 0 Å². The molecule has 2 nitrogen and oxygen atoms in total. The number of hydrogen-bond acceptors (Lipinski definition) is 1. The summed E-state index contributed by atoms with van der Waals surface area (Å²) in [5, 5.41) is 2.90. The van der Waals surface area contributed by atoms with E-state index in [1.165, 1.54) is 0 Å². The maximum atomic E-state index is 11.5. The molecule has 0 aliphatic heterocycles. The summed E-state index contributed by atoms with van der Waals surface area (Å²) in [6, 6.07) is 5.82. The highest BCUT2D eigenvalue weighted by molar-refractivity contribution is 14.1. The van der Waals surface area contributed by atoms with Crippen LogP contribution in [0.4, 0.5) is 5.69 Å². The van der Waals surface area contributed by atoms with E-state index in [2.05, 4.69) is 50.8 Å². The quantitative estimate of drug-likeness (QED) is 0.778. The van der Waals surface area contributed by atoms with Gasteiger partial charge in [0, 0.05) is 14.5 Å². The molecule has 0 spiro atoms. The lowest BCUT2D eigenvalue weighted by Crippen LogP contribution is -2.11. The number of rotatable bonds is 4. The van der Waals surface area contributed by atoms with E-state index in [9.17, 15) is 4.79 Å². The topological polar surface area (TPSA) is 29.1 Å². The van der Waals surface area contributed by atoms with Crippen LogP contribution in [0, 0.1) is 3.57 Å². The zero-order valence-electron chi connectivity index (χ0n) is 8.52. The van der Waals surface area contributed by atoms with Gasteiger partial charge >= 0.3 is 0 Å². The number of carbonyl (C=O) groups is 1. The number of hydrogen-bond donors (Lipinski definition) is 1. The van der Waals surface area contributed by atoms with E-state index in [1.54, 1.807) is 0 Å². The second-order valence-electron chi connectivity index (χ2n) is 3.28. The second kappa shape index (κ2) is 6.48. The average Bonchev–Trinajstić information content (AvgIpc) is 2.19. The first kappa shape index (κ1) is 13.0. The number of amides is 1. The highest BCUT2D eigenvalue weighted by atomic mass is 127. The van der Waals surface area contributed by atoms with Crippen molar-refractivity contribution in [1.29, 1.82) is 0 Å². The average molecular weight is 382 g/mol. The molecule has 1 N–H and O–H groups in total. The van der Waals surface area contributed by atoms with E-state index in [0.29, 0.717) is 6.42 Å². The van der Waals surface area contributed by atoms with Gasteiger partial charge in [0.25, 0.3) is 0 Å². The monoisotopic (exact) mass is 381 g/mol. The molecular formula is C11H13BrINO. The molecule has 1 aromatic rings. The molecular weight excluding hydrogens is 369 g/mol.